The van der Waals surface area contributed by atoms with E-state index in [1.165, 1.54) is 29.2 Å². The van der Waals surface area contributed by atoms with E-state index in [-0.39, 0.29) is 25.4 Å². The zero-order chi connectivity index (χ0) is 21.1. The Kier molecular flexibility index (Phi) is 5.37. The highest BCUT2D eigenvalue weighted by atomic mass is 19.1. The molecule has 1 unspecified atom stereocenters. The highest BCUT2D eigenvalue weighted by Gasteiger charge is 2.46. The first-order chi connectivity index (χ1) is 14.5. The van der Waals surface area contributed by atoms with Gasteiger partial charge in [0.25, 0.3) is 5.82 Å². The summed E-state index contributed by atoms with van der Waals surface area (Å²) in [6.07, 6.45) is 0.0348. The summed E-state index contributed by atoms with van der Waals surface area (Å²) in [5.74, 6) is -0.263. The van der Waals surface area contributed by atoms with E-state index >= 15 is 0 Å². The molecular formula is C23H21FN2O4. The highest BCUT2D eigenvalue weighted by molar-refractivity contribution is 5.87. The lowest BCUT2D eigenvalue weighted by Gasteiger charge is -2.38. The van der Waals surface area contributed by atoms with Crippen LogP contribution in [0.4, 0.5) is 15.0 Å². The Bertz CT molecular complexity index is 1040. The van der Waals surface area contributed by atoms with Crippen LogP contribution < -0.4 is 9.63 Å². The van der Waals surface area contributed by atoms with Crippen LogP contribution in [0.25, 0.3) is 11.3 Å². The molecule has 1 fully saturated rings. The molecule has 0 radical (unpaired) electrons. The monoisotopic (exact) mass is 408 g/mol. The number of rotatable bonds is 5. The second-order valence-electron chi connectivity index (χ2n) is 7.17. The van der Waals surface area contributed by atoms with Crippen molar-refractivity contribution in [2.45, 2.75) is 18.4 Å². The first kappa shape index (κ1) is 19.8. The van der Waals surface area contributed by atoms with Gasteiger partial charge < -0.3 is 15.1 Å². The number of cyclic esters (lactones) is 1. The molecule has 154 valence electrons. The van der Waals surface area contributed by atoms with E-state index in [4.69, 9.17) is 4.74 Å². The van der Waals surface area contributed by atoms with E-state index in [1.807, 2.05) is 30.3 Å². The van der Waals surface area contributed by atoms with Crippen LogP contribution in [0, 0.1) is 11.0 Å². The molecule has 4 rings (SSSR count). The van der Waals surface area contributed by atoms with Gasteiger partial charge in [0, 0.05) is 31.1 Å². The third-order valence-corrected chi connectivity index (χ3v) is 5.40. The van der Waals surface area contributed by atoms with Crippen molar-refractivity contribution in [1.82, 2.24) is 0 Å². The fourth-order valence-corrected chi connectivity index (χ4v) is 3.83. The van der Waals surface area contributed by atoms with Crippen molar-refractivity contribution in [3.05, 3.63) is 89.4 Å². The van der Waals surface area contributed by atoms with Gasteiger partial charge in [0.05, 0.1) is 0 Å². The van der Waals surface area contributed by atoms with Crippen LogP contribution in [0.5, 0.6) is 0 Å². The molecule has 1 atom stereocenters. The maximum Gasteiger partial charge on any atom is 0.508 e. The van der Waals surface area contributed by atoms with Gasteiger partial charge in [0.1, 0.15) is 23.7 Å². The van der Waals surface area contributed by atoms with Crippen LogP contribution in [-0.4, -0.2) is 24.4 Å². The maximum absolute atomic E-state index is 13.2. The van der Waals surface area contributed by atoms with Crippen molar-refractivity contribution in [3.8, 4) is 11.3 Å². The molecule has 2 aromatic carbocycles. The lowest BCUT2D eigenvalue weighted by Crippen LogP contribution is -2.52. The Hall–Kier alpha value is -3.45. The van der Waals surface area contributed by atoms with Crippen molar-refractivity contribution in [3.63, 3.8) is 0 Å². The molecule has 2 heterocycles. The summed E-state index contributed by atoms with van der Waals surface area (Å²) in [6.45, 7) is 0.118. The van der Waals surface area contributed by atoms with E-state index < -0.39 is 17.5 Å². The number of benzene rings is 2. The maximum atomic E-state index is 13.2. The lowest BCUT2D eigenvalue weighted by atomic mass is 9.86. The summed E-state index contributed by atoms with van der Waals surface area (Å²) in [6, 6.07) is 19.7. The average molecular weight is 408 g/mol. The Labute approximate surface area is 173 Å². The standard InChI is InChI=1S/C23H21FN2O4/c24-19-11-9-17(10-12-19)20-7-4-8-21(26(20)29)25-15-13-23(14-16-27,30-22(25)28)18-5-2-1-3-6-18/h1-12,27H,13-16H2. The SMILES string of the molecule is O=C1OC(CCO)(c2ccccc2)CCN1c1cccc(-c2ccc(F)cc2)[n+]1[O-]. The number of carbonyl (C=O) groups excluding carboxylic acids is 1. The number of aromatic nitrogens is 1. The van der Waals surface area contributed by atoms with E-state index in [1.54, 1.807) is 18.2 Å². The molecule has 1 aromatic heterocycles. The summed E-state index contributed by atoms with van der Waals surface area (Å²) in [7, 11) is 0. The van der Waals surface area contributed by atoms with Crippen LogP contribution in [0.3, 0.4) is 0 Å². The van der Waals surface area contributed by atoms with Crippen LogP contribution in [0.1, 0.15) is 18.4 Å². The van der Waals surface area contributed by atoms with E-state index in [0.29, 0.717) is 22.4 Å². The first-order valence-corrected chi connectivity index (χ1v) is 9.69. The summed E-state index contributed by atoms with van der Waals surface area (Å²) < 4.78 is 19.7. The van der Waals surface area contributed by atoms with Crippen molar-refractivity contribution >= 4 is 11.9 Å². The number of ether oxygens (including phenoxy) is 1. The van der Waals surface area contributed by atoms with E-state index in [9.17, 15) is 19.5 Å². The Morgan fingerprint density at radius 3 is 2.47 bits per heavy atom. The predicted octanol–water partition coefficient (Wildman–Crippen LogP) is 3.75. The molecule has 1 saturated heterocycles. The number of carbonyl (C=O) groups is 1. The number of pyridine rings is 1. The molecule has 1 N–H and O–H groups in total. The Morgan fingerprint density at radius 1 is 1.07 bits per heavy atom. The van der Waals surface area contributed by atoms with Gasteiger partial charge in [0.2, 0.25) is 0 Å². The Morgan fingerprint density at radius 2 is 1.80 bits per heavy atom. The van der Waals surface area contributed by atoms with Gasteiger partial charge in [-0.3, -0.25) is 0 Å². The molecule has 0 saturated carbocycles. The van der Waals surface area contributed by atoms with E-state index in [0.717, 1.165) is 5.56 Å². The van der Waals surface area contributed by atoms with Crippen LogP contribution in [0.15, 0.2) is 72.8 Å². The molecule has 30 heavy (non-hydrogen) atoms. The van der Waals surface area contributed by atoms with Gasteiger partial charge in [-0.15, -0.1) is 0 Å². The molecule has 0 aliphatic carbocycles. The summed E-state index contributed by atoms with van der Waals surface area (Å²) >= 11 is 0. The normalized spacial score (nSPS) is 18.9. The van der Waals surface area contributed by atoms with Crippen LogP contribution in [0.2, 0.25) is 0 Å². The number of halogens is 1. The quantitative estimate of drug-likeness (QED) is 0.515. The van der Waals surface area contributed by atoms with Gasteiger partial charge >= 0.3 is 6.09 Å². The fraction of sp³-hybridized carbons (Fsp3) is 0.217. The molecular weight excluding hydrogens is 387 g/mol. The zero-order valence-corrected chi connectivity index (χ0v) is 16.2. The summed E-state index contributed by atoms with van der Waals surface area (Å²) in [5, 5.41) is 22.5. The van der Waals surface area contributed by atoms with Gasteiger partial charge in [-0.2, -0.15) is 9.69 Å². The molecule has 6 nitrogen and oxygen atoms in total. The number of aliphatic hydroxyl groups is 1. The zero-order valence-electron chi connectivity index (χ0n) is 16.2. The van der Waals surface area contributed by atoms with Crippen LogP contribution in [-0.2, 0) is 10.3 Å². The van der Waals surface area contributed by atoms with Gasteiger partial charge in [-0.05, 0) is 42.0 Å². The molecule has 1 aliphatic rings. The number of hydrogen-bond acceptors (Lipinski definition) is 4. The van der Waals surface area contributed by atoms with Gasteiger partial charge in [-0.25, -0.2) is 9.12 Å². The van der Waals surface area contributed by atoms with Gasteiger partial charge in [-0.1, -0.05) is 30.3 Å². The van der Waals surface area contributed by atoms with Crippen molar-refractivity contribution < 1.29 is 23.8 Å². The molecule has 7 heteroatoms. The summed E-state index contributed by atoms with van der Waals surface area (Å²) in [4.78, 5) is 14.2. The van der Waals surface area contributed by atoms with Crippen molar-refractivity contribution in [2.75, 3.05) is 18.1 Å². The minimum atomic E-state index is -0.939. The molecule has 1 amide bonds. The molecule has 3 aromatic rings. The minimum absolute atomic E-state index is 0.132. The molecule has 1 aliphatic heterocycles. The largest absolute Gasteiger partial charge is 0.710 e. The highest BCUT2D eigenvalue weighted by Crippen LogP contribution is 2.38. The number of nitrogens with zero attached hydrogens (tertiary/aromatic N) is 2. The molecule has 0 spiro atoms. The first-order valence-electron chi connectivity index (χ1n) is 9.69. The second kappa shape index (κ2) is 8.12. The lowest BCUT2D eigenvalue weighted by molar-refractivity contribution is -0.580. The topological polar surface area (TPSA) is 76.7 Å². The fourth-order valence-electron chi connectivity index (χ4n) is 3.83. The number of aliphatic hydroxyl groups excluding tert-OH is 1. The van der Waals surface area contributed by atoms with Gasteiger partial charge in [0.15, 0.2) is 0 Å². The predicted molar refractivity (Wildman–Crippen MR) is 109 cm³/mol. The van der Waals surface area contributed by atoms with E-state index in [2.05, 4.69) is 0 Å². The third-order valence-electron chi connectivity index (χ3n) is 5.40. The Balaban J connectivity index is 1.65. The second-order valence-corrected chi connectivity index (χ2v) is 7.17. The van der Waals surface area contributed by atoms with Crippen molar-refractivity contribution in [2.24, 2.45) is 0 Å². The number of hydrogen-bond donors (Lipinski definition) is 1. The van der Waals surface area contributed by atoms with Crippen LogP contribution >= 0.6 is 0 Å². The summed E-state index contributed by atoms with van der Waals surface area (Å²) in [5.41, 5.74) is 0.710. The number of amides is 1. The third kappa shape index (κ3) is 3.59. The minimum Gasteiger partial charge on any atom is -0.710 e. The average Bonchev–Trinajstić information content (AvgIpc) is 2.76. The number of anilines is 1. The molecule has 0 bridgehead atoms. The smallest absolute Gasteiger partial charge is 0.508 e. The van der Waals surface area contributed by atoms with Crippen molar-refractivity contribution in [1.29, 1.82) is 0 Å².